The maximum atomic E-state index is 13.2. The molecule has 0 radical (unpaired) electrons. The number of nitrogens with two attached hydrogens (primary N) is 1. The molecule has 0 fully saturated rings. The van der Waals surface area contributed by atoms with Crippen LogP contribution in [0.2, 0.25) is 0 Å². The molecule has 116 valence electrons. The number of rotatable bonds is 5. The van der Waals surface area contributed by atoms with Gasteiger partial charge in [0.2, 0.25) is 0 Å². The molecule has 1 aromatic heterocycles. The van der Waals surface area contributed by atoms with Gasteiger partial charge in [0.15, 0.2) is 5.69 Å². The zero-order chi connectivity index (χ0) is 16.2. The Morgan fingerprint density at radius 1 is 1.17 bits per heavy atom. The summed E-state index contributed by atoms with van der Waals surface area (Å²) in [6, 6.07) is 13.2. The Morgan fingerprint density at radius 2 is 2.00 bits per heavy atom. The number of hydrogen-bond donors (Lipinski definition) is 2. The van der Waals surface area contributed by atoms with Crippen LogP contribution in [-0.4, -0.2) is 21.3 Å². The Bertz CT molecular complexity index is 847. The first-order chi connectivity index (χ1) is 11.1. The van der Waals surface area contributed by atoms with Crippen LogP contribution in [0.3, 0.4) is 0 Å². The van der Waals surface area contributed by atoms with E-state index >= 15 is 0 Å². The number of para-hydroxylation sites is 1. The number of amides is 1. The first-order valence-corrected chi connectivity index (χ1v) is 6.82. The van der Waals surface area contributed by atoms with Gasteiger partial charge >= 0.3 is 0 Å². The van der Waals surface area contributed by atoms with Crippen LogP contribution in [-0.2, 0) is 6.61 Å². The van der Waals surface area contributed by atoms with Gasteiger partial charge in [0.05, 0.1) is 0 Å². The summed E-state index contributed by atoms with van der Waals surface area (Å²) in [5.41, 5.74) is 6.90. The molecule has 23 heavy (non-hydrogen) atoms. The highest BCUT2D eigenvalue weighted by Gasteiger charge is 2.18. The van der Waals surface area contributed by atoms with Gasteiger partial charge in [0.1, 0.15) is 23.9 Å². The lowest BCUT2D eigenvalue weighted by molar-refractivity contribution is 0.0996. The molecule has 3 N–H and O–H groups in total. The highest BCUT2D eigenvalue weighted by Crippen LogP contribution is 2.30. The predicted octanol–water partition coefficient (Wildman–Crippen LogP) is 2.29. The third kappa shape index (κ3) is 3.18. The number of ether oxygens (including phenoxy) is 1. The molecular formula is C16H13FN4O2. The zero-order valence-corrected chi connectivity index (χ0v) is 12.0. The molecule has 6 nitrogen and oxygen atoms in total. The van der Waals surface area contributed by atoms with Crippen molar-refractivity contribution in [2.24, 2.45) is 5.73 Å². The predicted molar refractivity (Wildman–Crippen MR) is 81.1 cm³/mol. The summed E-state index contributed by atoms with van der Waals surface area (Å²) < 4.78 is 18.9. The Labute approximate surface area is 131 Å². The second kappa shape index (κ2) is 6.27. The summed E-state index contributed by atoms with van der Waals surface area (Å²) in [4.78, 5) is 11.4. The normalized spacial score (nSPS) is 10.5. The second-order valence-electron chi connectivity index (χ2n) is 4.80. The van der Waals surface area contributed by atoms with Gasteiger partial charge in [-0.1, -0.05) is 24.3 Å². The number of aromatic amines is 1. The van der Waals surface area contributed by atoms with E-state index in [0.29, 0.717) is 22.6 Å². The van der Waals surface area contributed by atoms with Crippen molar-refractivity contribution in [2.45, 2.75) is 6.61 Å². The van der Waals surface area contributed by atoms with Gasteiger partial charge < -0.3 is 10.5 Å². The molecule has 3 aromatic rings. The van der Waals surface area contributed by atoms with Gasteiger partial charge in [0, 0.05) is 5.56 Å². The van der Waals surface area contributed by atoms with Gasteiger partial charge in [-0.2, -0.15) is 15.4 Å². The average Bonchev–Trinajstić information content (AvgIpc) is 3.03. The highest BCUT2D eigenvalue weighted by atomic mass is 19.1. The van der Waals surface area contributed by atoms with E-state index < -0.39 is 5.91 Å². The van der Waals surface area contributed by atoms with Crippen molar-refractivity contribution >= 4 is 5.91 Å². The van der Waals surface area contributed by atoms with Crippen molar-refractivity contribution in [3.8, 4) is 17.0 Å². The fourth-order valence-corrected chi connectivity index (χ4v) is 2.17. The molecule has 3 rings (SSSR count). The number of nitrogens with one attached hydrogen (secondary N) is 1. The molecule has 0 atom stereocenters. The molecule has 2 aromatic carbocycles. The van der Waals surface area contributed by atoms with E-state index in [1.807, 2.05) is 0 Å². The summed E-state index contributed by atoms with van der Waals surface area (Å²) in [5.74, 6) is -0.520. The molecule has 0 unspecified atom stereocenters. The summed E-state index contributed by atoms with van der Waals surface area (Å²) in [6.45, 7) is 0.179. The zero-order valence-electron chi connectivity index (χ0n) is 12.0. The van der Waals surface area contributed by atoms with Crippen LogP contribution in [0.4, 0.5) is 4.39 Å². The lowest BCUT2D eigenvalue weighted by Crippen LogP contribution is -2.13. The van der Waals surface area contributed by atoms with Gasteiger partial charge in [0.25, 0.3) is 5.91 Å². The third-order valence-corrected chi connectivity index (χ3v) is 3.21. The van der Waals surface area contributed by atoms with Crippen LogP contribution < -0.4 is 10.5 Å². The second-order valence-corrected chi connectivity index (χ2v) is 4.80. The Hall–Kier alpha value is -3.22. The maximum absolute atomic E-state index is 13.2. The maximum Gasteiger partial charge on any atom is 0.271 e. The number of nitrogens with zero attached hydrogens (tertiary/aromatic N) is 2. The van der Waals surface area contributed by atoms with Gasteiger partial charge in [-0.05, 0) is 29.8 Å². The number of carbonyl (C=O) groups is 1. The molecule has 7 heteroatoms. The molecule has 0 aliphatic heterocycles. The molecule has 0 aliphatic rings. The number of hydrogen-bond acceptors (Lipinski definition) is 4. The molecule has 1 heterocycles. The molecule has 0 aliphatic carbocycles. The van der Waals surface area contributed by atoms with Crippen molar-refractivity contribution in [1.29, 1.82) is 0 Å². The lowest BCUT2D eigenvalue weighted by Gasteiger charge is -2.10. The minimum Gasteiger partial charge on any atom is -0.488 e. The van der Waals surface area contributed by atoms with E-state index in [1.54, 1.807) is 36.4 Å². The van der Waals surface area contributed by atoms with Crippen LogP contribution in [0.5, 0.6) is 5.75 Å². The van der Waals surface area contributed by atoms with Crippen LogP contribution in [0.15, 0.2) is 48.5 Å². The van der Waals surface area contributed by atoms with E-state index in [0.717, 1.165) is 0 Å². The SMILES string of the molecule is NC(=O)c1n[nH]nc1-c1ccccc1OCc1cccc(F)c1. The number of carbonyl (C=O) groups excluding carboxylic acids is 1. The van der Waals surface area contributed by atoms with Crippen molar-refractivity contribution in [2.75, 3.05) is 0 Å². The van der Waals surface area contributed by atoms with Crippen LogP contribution in [0.25, 0.3) is 11.3 Å². The topological polar surface area (TPSA) is 93.9 Å². The van der Waals surface area contributed by atoms with Crippen LogP contribution in [0.1, 0.15) is 16.1 Å². The van der Waals surface area contributed by atoms with Crippen LogP contribution >= 0.6 is 0 Å². The van der Waals surface area contributed by atoms with Gasteiger partial charge in [-0.3, -0.25) is 4.79 Å². The Kier molecular flexibility index (Phi) is 4.01. The molecular weight excluding hydrogens is 299 g/mol. The summed E-state index contributed by atoms with van der Waals surface area (Å²) in [5, 5.41) is 10.1. The summed E-state index contributed by atoms with van der Waals surface area (Å²) in [6.07, 6.45) is 0. The summed E-state index contributed by atoms with van der Waals surface area (Å²) in [7, 11) is 0. The number of halogens is 1. The Balaban J connectivity index is 1.89. The molecule has 1 amide bonds. The average molecular weight is 312 g/mol. The van der Waals surface area contributed by atoms with Crippen LogP contribution in [0, 0.1) is 5.82 Å². The third-order valence-electron chi connectivity index (χ3n) is 3.21. The number of aromatic nitrogens is 3. The monoisotopic (exact) mass is 312 g/mol. The first kappa shape index (κ1) is 14.7. The molecule has 0 saturated heterocycles. The highest BCUT2D eigenvalue weighted by molar-refractivity contribution is 5.97. The minimum atomic E-state index is -0.686. The van der Waals surface area contributed by atoms with Crippen molar-refractivity contribution in [3.63, 3.8) is 0 Å². The first-order valence-electron chi connectivity index (χ1n) is 6.82. The smallest absolute Gasteiger partial charge is 0.271 e. The van der Waals surface area contributed by atoms with E-state index in [2.05, 4.69) is 15.4 Å². The molecule has 0 spiro atoms. The van der Waals surface area contributed by atoms with Crippen molar-refractivity contribution < 1.29 is 13.9 Å². The quantitative estimate of drug-likeness (QED) is 0.756. The van der Waals surface area contributed by atoms with Crippen molar-refractivity contribution in [3.05, 3.63) is 65.6 Å². The van der Waals surface area contributed by atoms with E-state index in [1.165, 1.54) is 12.1 Å². The Morgan fingerprint density at radius 3 is 2.78 bits per heavy atom. The lowest BCUT2D eigenvalue weighted by atomic mass is 10.1. The van der Waals surface area contributed by atoms with E-state index in [4.69, 9.17) is 10.5 Å². The van der Waals surface area contributed by atoms with E-state index in [9.17, 15) is 9.18 Å². The standard InChI is InChI=1S/C16H13FN4O2/c17-11-5-3-4-10(8-11)9-23-13-7-2-1-6-12(13)14-15(16(18)22)20-21-19-14/h1-8H,9H2,(H2,18,22)(H,19,20,21). The fraction of sp³-hybridized carbons (Fsp3) is 0.0625. The van der Waals surface area contributed by atoms with Gasteiger partial charge in [-0.25, -0.2) is 4.39 Å². The number of benzene rings is 2. The molecule has 0 bridgehead atoms. The van der Waals surface area contributed by atoms with Crippen molar-refractivity contribution in [1.82, 2.24) is 15.4 Å². The molecule has 0 saturated carbocycles. The largest absolute Gasteiger partial charge is 0.488 e. The number of H-pyrrole nitrogens is 1. The van der Waals surface area contributed by atoms with Gasteiger partial charge in [-0.15, -0.1) is 0 Å². The van der Waals surface area contributed by atoms with E-state index in [-0.39, 0.29) is 18.1 Å². The minimum absolute atomic E-state index is 0.0341. The fourth-order valence-electron chi connectivity index (χ4n) is 2.17. The number of primary amides is 1. The summed E-state index contributed by atoms with van der Waals surface area (Å²) >= 11 is 0.